The lowest BCUT2D eigenvalue weighted by atomic mass is 9.48. The summed E-state index contributed by atoms with van der Waals surface area (Å²) in [5.41, 5.74) is 0.0551. The Morgan fingerprint density at radius 2 is 1.49 bits per heavy atom. The highest BCUT2D eigenvalue weighted by molar-refractivity contribution is 6.13. The maximum Gasteiger partial charge on any atom is 0.308 e. The topological polar surface area (TPSA) is 122 Å². The first-order valence-electron chi connectivity index (χ1n) is 16.0. The van der Waals surface area contributed by atoms with E-state index in [1.807, 2.05) is 6.92 Å². The molecular weight excluding hydrogens is 576 g/mol. The number of Topliss-reactive ketones (excluding diaryl/α,β-unsaturated/α-hetero) is 1. The number of ether oxygens (including phenoxy) is 4. The second-order valence-electron chi connectivity index (χ2n) is 14.0. The molecular formula is C36H50O9. The molecule has 0 aromatic carbocycles. The summed E-state index contributed by atoms with van der Waals surface area (Å²) in [6.07, 6.45) is 9.01. The van der Waals surface area contributed by atoms with Crippen molar-refractivity contribution in [3.8, 4) is 0 Å². The van der Waals surface area contributed by atoms with Crippen LogP contribution in [0.2, 0.25) is 0 Å². The van der Waals surface area contributed by atoms with Crippen LogP contribution in [0.5, 0.6) is 0 Å². The first-order valence-corrected chi connectivity index (χ1v) is 16.0. The molecule has 0 amide bonds. The molecule has 0 aliphatic heterocycles. The lowest BCUT2D eigenvalue weighted by molar-refractivity contribution is -0.146. The summed E-state index contributed by atoms with van der Waals surface area (Å²) in [5.74, 6) is -2.43. The maximum absolute atomic E-state index is 14.4. The Balaban J connectivity index is 2.15. The molecule has 1 fully saturated rings. The van der Waals surface area contributed by atoms with Gasteiger partial charge in [0, 0.05) is 39.2 Å². The van der Waals surface area contributed by atoms with Crippen molar-refractivity contribution >= 4 is 29.7 Å². The van der Waals surface area contributed by atoms with Crippen LogP contribution in [0.1, 0.15) is 114 Å². The molecule has 3 rings (SSSR count). The molecule has 0 spiro atoms. The Labute approximate surface area is 267 Å². The average Bonchev–Trinajstić information content (AvgIpc) is 2.89. The lowest BCUT2D eigenvalue weighted by Gasteiger charge is -2.57. The zero-order valence-corrected chi connectivity index (χ0v) is 28.6. The number of esters is 4. The molecule has 0 unspecified atom stereocenters. The Bertz CT molecular complexity index is 1370. The van der Waals surface area contributed by atoms with E-state index in [9.17, 15) is 24.0 Å². The van der Waals surface area contributed by atoms with Gasteiger partial charge in [-0.1, -0.05) is 45.8 Å². The summed E-state index contributed by atoms with van der Waals surface area (Å²) in [4.78, 5) is 63.1. The summed E-state index contributed by atoms with van der Waals surface area (Å²) in [6, 6.07) is 0. The van der Waals surface area contributed by atoms with E-state index in [0.29, 0.717) is 18.8 Å². The van der Waals surface area contributed by atoms with Gasteiger partial charge in [-0.05, 0) is 75.2 Å². The van der Waals surface area contributed by atoms with Gasteiger partial charge < -0.3 is 18.9 Å². The van der Waals surface area contributed by atoms with Gasteiger partial charge in [-0.3, -0.25) is 24.0 Å². The van der Waals surface area contributed by atoms with Gasteiger partial charge in [0.1, 0.15) is 22.9 Å². The standard InChI is InChI=1S/C36H50O9/c1-11-13-28(43-22(3)38)30-31(41)26(32(44-23(4)39)35(8,9)33(30)45-24(5)40)16-14-25-15-17-29-34(6,7)18-12-19-36(29,10)27(25)20-42-21(2)37/h13,15,27,29H,11-12,14,16-20H2,1-10H3/b28-13-/t27-,29-,36+/m0/s1. The van der Waals surface area contributed by atoms with E-state index >= 15 is 0 Å². The fourth-order valence-electron chi connectivity index (χ4n) is 7.84. The molecule has 248 valence electrons. The molecule has 3 atom stereocenters. The van der Waals surface area contributed by atoms with Crippen LogP contribution in [-0.4, -0.2) is 36.3 Å². The molecule has 0 aromatic rings. The van der Waals surface area contributed by atoms with Crippen LogP contribution in [0.15, 0.2) is 46.1 Å². The number of hydrogen-bond donors (Lipinski definition) is 0. The smallest absolute Gasteiger partial charge is 0.308 e. The Kier molecular flexibility index (Phi) is 11.1. The van der Waals surface area contributed by atoms with Gasteiger partial charge >= 0.3 is 23.9 Å². The van der Waals surface area contributed by atoms with Crippen molar-refractivity contribution in [3.63, 3.8) is 0 Å². The van der Waals surface area contributed by atoms with Crippen molar-refractivity contribution in [2.75, 3.05) is 6.61 Å². The van der Waals surface area contributed by atoms with E-state index in [-0.39, 0.29) is 64.2 Å². The van der Waals surface area contributed by atoms with Gasteiger partial charge in [-0.15, -0.1) is 0 Å². The summed E-state index contributed by atoms with van der Waals surface area (Å²) in [5, 5.41) is 0. The molecule has 1 saturated carbocycles. The van der Waals surface area contributed by atoms with E-state index in [0.717, 1.165) is 31.3 Å². The van der Waals surface area contributed by atoms with Crippen LogP contribution in [-0.2, 0) is 42.9 Å². The van der Waals surface area contributed by atoms with E-state index in [4.69, 9.17) is 18.9 Å². The molecule has 3 aliphatic rings. The highest BCUT2D eigenvalue weighted by Crippen LogP contribution is 2.60. The Hall–Kier alpha value is -3.49. The van der Waals surface area contributed by atoms with Gasteiger partial charge in [-0.25, -0.2) is 0 Å². The van der Waals surface area contributed by atoms with E-state index in [2.05, 4.69) is 26.8 Å². The normalized spacial score (nSPS) is 26.0. The number of ketones is 1. The maximum atomic E-state index is 14.4. The number of allylic oxidation sites excluding steroid dienone is 4. The minimum atomic E-state index is -1.24. The van der Waals surface area contributed by atoms with Crippen LogP contribution in [0.3, 0.4) is 0 Å². The molecule has 0 radical (unpaired) electrons. The highest BCUT2D eigenvalue weighted by Gasteiger charge is 2.53. The van der Waals surface area contributed by atoms with Crippen LogP contribution >= 0.6 is 0 Å². The number of rotatable bonds is 10. The van der Waals surface area contributed by atoms with E-state index in [1.165, 1.54) is 27.7 Å². The van der Waals surface area contributed by atoms with Gasteiger partial charge in [0.15, 0.2) is 5.78 Å². The van der Waals surface area contributed by atoms with Crippen LogP contribution < -0.4 is 0 Å². The van der Waals surface area contributed by atoms with Crippen molar-refractivity contribution < 1.29 is 42.9 Å². The zero-order valence-electron chi connectivity index (χ0n) is 28.6. The van der Waals surface area contributed by atoms with Crippen molar-refractivity contribution in [3.05, 3.63) is 46.1 Å². The van der Waals surface area contributed by atoms with Gasteiger partial charge in [0.05, 0.1) is 12.0 Å². The predicted octanol–water partition coefficient (Wildman–Crippen LogP) is 7.21. The predicted molar refractivity (Wildman–Crippen MR) is 168 cm³/mol. The first-order chi connectivity index (χ1) is 20.9. The van der Waals surface area contributed by atoms with Crippen molar-refractivity contribution in [1.29, 1.82) is 0 Å². The second-order valence-corrected chi connectivity index (χ2v) is 14.0. The summed E-state index contributed by atoms with van der Waals surface area (Å²) >= 11 is 0. The van der Waals surface area contributed by atoms with E-state index in [1.54, 1.807) is 19.9 Å². The number of carbonyl (C=O) groups excluding carboxylic acids is 5. The molecule has 9 nitrogen and oxygen atoms in total. The van der Waals surface area contributed by atoms with Gasteiger partial charge in [-0.2, -0.15) is 0 Å². The third kappa shape index (κ3) is 7.67. The quantitative estimate of drug-likeness (QED) is 0.107. The zero-order chi connectivity index (χ0) is 33.9. The fraction of sp³-hybridized carbons (Fsp3) is 0.639. The van der Waals surface area contributed by atoms with E-state index < -0.39 is 29.1 Å². The number of carbonyl (C=O) groups is 5. The molecule has 3 aliphatic carbocycles. The minimum absolute atomic E-state index is 0.0110. The molecule has 0 N–H and O–H groups in total. The Morgan fingerprint density at radius 1 is 0.867 bits per heavy atom. The Morgan fingerprint density at radius 3 is 2.04 bits per heavy atom. The number of hydrogen-bond acceptors (Lipinski definition) is 9. The number of fused-ring (bicyclic) bond motifs is 1. The summed E-state index contributed by atoms with van der Waals surface area (Å²) in [6.45, 7) is 17.5. The molecule has 0 heterocycles. The molecule has 9 heteroatoms. The SMILES string of the molecule is CC/C=C(\OC(C)=O)C1=C(OC(C)=O)C(C)(C)C(OC(C)=O)=C(CCC2=CC[C@H]3C(C)(C)CCC[C@]3(C)[C@H]2COC(C)=O)C1=O. The van der Waals surface area contributed by atoms with Crippen LogP contribution in [0.25, 0.3) is 0 Å². The third-order valence-corrected chi connectivity index (χ3v) is 9.77. The van der Waals surface area contributed by atoms with Gasteiger partial charge in [0.2, 0.25) is 0 Å². The highest BCUT2D eigenvalue weighted by atomic mass is 16.6. The second kappa shape index (κ2) is 13.9. The fourth-order valence-corrected chi connectivity index (χ4v) is 7.84. The molecule has 45 heavy (non-hydrogen) atoms. The summed E-state index contributed by atoms with van der Waals surface area (Å²) < 4.78 is 22.5. The summed E-state index contributed by atoms with van der Waals surface area (Å²) in [7, 11) is 0. The largest absolute Gasteiger partial charge is 0.465 e. The first kappa shape index (κ1) is 36.0. The average molecular weight is 627 g/mol. The molecule has 0 aromatic heterocycles. The lowest BCUT2D eigenvalue weighted by Crippen LogP contribution is -2.50. The van der Waals surface area contributed by atoms with Crippen LogP contribution in [0, 0.1) is 28.1 Å². The van der Waals surface area contributed by atoms with Crippen molar-refractivity contribution in [2.45, 2.75) is 114 Å². The van der Waals surface area contributed by atoms with Crippen LogP contribution in [0.4, 0.5) is 0 Å². The van der Waals surface area contributed by atoms with Crippen molar-refractivity contribution in [2.24, 2.45) is 28.1 Å². The molecule has 0 bridgehead atoms. The minimum Gasteiger partial charge on any atom is -0.465 e. The van der Waals surface area contributed by atoms with Crippen molar-refractivity contribution in [1.82, 2.24) is 0 Å². The van der Waals surface area contributed by atoms with Gasteiger partial charge in [0.25, 0.3) is 0 Å². The monoisotopic (exact) mass is 626 g/mol. The molecule has 0 saturated heterocycles. The third-order valence-electron chi connectivity index (χ3n) is 9.77.